The Bertz CT molecular complexity index is 512. The molecule has 1 aliphatic carbocycles. The van der Waals surface area contributed by atoms with Crippen molar-refractivity contribution >= 4 is 0 Å². The lowest BCUT2D eigenvalue weighted by atomic mass is 9.84. The van der Waals surface area contributed by atoms with E-state index in [4.69, 9.17) is 0 Å². The largest absolute Gasteiger partial charge is 0.396 e. The highest BCUT2D eigenvalue weighted by molar-refractivity contribution is 5.20. The van der Waals surface area contributed by atoms with E-state index in [-0.39, 0.29) is 24.2 Å². The fraction of sp³-hybridized carbons (Fsp3) is 0.733. The van der Waals surface area contributed by atoms with Crippen LogP contribution in [0.5, 0.6) is 0 Å². The number of H-pyrrole nitrogens is 1. The quantitative estimate of drug-likeness (QED) is 0.782. The maximum Gasteiger partial charge on any atom is 0.255 e. The van der Waals surface area contributed by atoms with Gasteiger partial charge in [-0.3, -0.25) is 4.79 Å². The van der Waals surface area contributed by atoms with Gasteiger partial charge >= 0.3 is 0 Å². The molecule has 1 aliphatic rings. The van der Waals surface area contributed by atoms with E-state index in [1.807, 2.05) is 13.8 Å². The summed E-state index contributed by atoms with van der Waals surface area (Å²) in [5, 5.41) is 13.0. The van der Waals surface area contributed by atoms with Gasteiger partial charge in [0.2, 0.25) is 0 Å². The molecule has 0 bridgehead atoms. The first-order valence-electron chi connectivity index (χ1n) is 7.47. The van der Waals surface area contributed by atoms with E-state index in [2.05, 4.69) is 15.3 Å². The van der Waals surface area contributed by atoms with Gasteiger partial charge in [-0.05, 0) is 39.5 Å². The average molecular weight is 279 g/mol. The summed E-state index contributed by atoms with van der Waals surface area (Å²) in [6.45, 7) is 5.88. The topological polar surface area (TPSA) is 78.0 Å². The Morgan fingerprint density at radius 3 is 2.75 bits per heavy atom. The number of aliphatic hydroxyl groups excluding tert-OH is 1. The first-order chi connectivity index (χ1) is 9.52. The molecule has 1 aromatic heterocycles. The van der Waals surface area contributed by atoms with Crippen molar-refractivity contribution in [2.45, 2.75) is 58.5 Å². The lowest BCUT2D eigenvalue weighted by molar-refractivity contribution is 0.147. The number of rotatable bonds is 4. The van der Waals surface area contributed by atoms with E-state index in [9.17, 15) is 9.90 Å². The van der Waals surface area contributed by atoms with E-state index in [1.165, 1.54) is 12.8 Å². The summed E-state index contributed by atoms with van der Waals surface area (Å²) in [5.41, 5.74) is 1.42. The van der Waals surface area contributed by atoms with Crippen LogP contribution in [0.25, 0.3) is 0 Å². The molecule has 5 nitrogen and oxygen atoms in total. The average Bonchev–Trinajstić information content (AvgIpc) is 2.38. The van der Waals surface area contributed by atoms with E-state index in [0.717, 1.165) is 18.5 Å². The predicted octanol–water partition coefficient (Wildman–Crippen LogP) is 1.59. The van der Waals surface area contributed by atoms with E-state index >= 15 is 0 Å². The van der Waals surface area contributed by atoms with Gasteiger partial charge in [-0.25, -0.2) is 4.98 Å². The van der Waals surface area contributed by atoms with E-state index in [1.54, 1.807) is 6.92 Å². The number of aliphatic hydroxyl groups is 1. The summed E-state index contributed by atoms with van der Waals surface area (Å²) in [6, 6.07) is 0.229. The molecule has 20 heavy (non-hydrogen) atoms. The van der Waals surface area contributed by atoms with Crippen LogP contribution in [0.1, 0.15) is 55.7 Å². The smallest absolute Gasteiger partial charge is 0.255 e. The number of hydrogen-bond donors (Lipinski definition) is 3. The summed E-state index contributed by atoms with van der Waals surface area (Å²) < 4.78 is 0. The van der Waals surface area contributed by atoms with Crippen molar-refractivity contribution in [3.05, 3.63) is 27.4 Å². The summed E-state index contributed by atoms with van der Waals surface area (Å²) in [4.78, 5) is 19.2. The molecule has 1 saturated carbocycles. The van der Waals surface area contributed by atoms with Crippen LogP contribution >= 0.6 is 0 Å². The molecule has 0 radical (unpaired) electrons. The second-order valence-electron chi connectivity index (χ2n) is 5.87. The molecule has 0 saturated heterocycles. The Morgan fingerprint density at radius 2 is 2.10 bits per heavy atom. The minimum absolute atomic E-state index is 0.0519. The number of hydrogen-bond acceptors (Lipinski definition) is 4. The minimum Gasteiger partial charge on any atom is -0.396 e. The highest BCUT2D eigenvalue weighted by Gasteiger charge is 2.27. The van der Waals surface area contributed by atoms with Crippen LogP contribution < -0.4 is 10.9 Å². The highest BCUT2D eigenvalue weighted by atomic mass is 16.3. The van der Waals surface area contributed by atoms with Gasteiger partial charge in [0, 0.05) is 24.4 Å². The third kappa shape index (κ3) is 3.27. The normalized spacial score (nSPS) is 24.6. The lowest BCUT2D eigenvalue weighted by Crippen LogP contribution is -2.42. The predicted molar refractivity (Wildman–Crippen MR) is 78.7 cm³/mol. The molecule has 0 amide bonds. The molecule has 0 spiro atoms. The summed E-state index contributed by atoms with van der Waals surface area (Å²) in [7, 11) is 0. The Hall–Kier alpha value is -1.20. The molecule has 1 fully saturated rings. The van der Waals surface area contributed by atoms with Crippen LogP contribution in [0, 0.1) is 19.8 Å². The van der Waals surface area contributed by atoms with E-state index in [0.29, 0.717) is 17.3 Å². The van der Waals surface area contributed by atoms with Gasteiger partial charge in [-0.2, -0.15) is 0 Å². The van der Waals surface area contributed by atoms with Crippen molar-refractivity contribution in [2.75, 3.05) is 6.61 Å². The minimum atomic E-state index is -0.0636. The van der Waals surface area contributed by atoms with Crippen LogP contribution in [0.3, 0.4) is 0 Å². The van der Waals surface area contributed by atoms with Crippen molar-refractivity contribution in [3.8, 4) is 0 Å². The molecule has 3 atom stereocenters. The fourth-order valence-corrected chi connectivity index (χ4v) is 3.30. The van der Waals surface area contributed by atoms with Gasteiger partial charge < -0.3 is 15.4 Å². The third-order valence-corrected chi connectivity index (χ3v) is 4.30. The van der Waals surface area contributed by atoms with E-state index < -0.39 is 0 Å². The van der Waals surface area contributed by atoms with Crippen LogP contribution in [-0.2, 0) is 0 Å². The number of aryl methyl sites for hydroxylation is 2. The van der Waals surface area contributed by atoms with Crippen molar-refractivity contribution in [3.63, 3.8) is 0 Å². The zero-order chi connectivity index (χ0) is 14.7. The highest BCUT2D eigenvalue weighted by Crippen LogP contribution is 2.26. The SMILES string of the molecule is Cc1nc(C)c(C(C)NC2CCCCC2CO)c(=O)[nH]1. The van der Waals surface area contributed by atoms with Crippen molar-refractivity contribution in [1.82, 2.24) is 15.3 Å². The van der Waals surface area contributed by atoms with Gasteiger partial charge in [-0.15, -0.1) is 0 Å². The van der Waals surface area contributed by atoms with Gasteiger partial charge in [0.05, 0.1) is 5.56 Å². The zero-order valence-corrected chi connectivity index (χ0v) is 12.6. The number of aromatic nitrogens is 2. The van der Waals surface area contributed by atoms with Crippen LogP contribution in [0.15, 0.2) is 4.79 Å². The molecular weight excluding hydrogens is 254 g/mol. The zero-order valence-electron chi connectivity index (χ0n) is 12.6. The maximum absolute atomic E-state index is 12.1. The van der Waals surface area contributed by atoms with Gasteiger partial charge in [0.15, 0.2) is 0 Å². The second-order valence-corrected chi connectivity index (χ2v) is 5.87. The molecule has 0 aromatic carbocycles. The second kappa shape index (κ2) is 6.50. The molecule has 112 valence electrons. The first-order valence-corrected chi connectivity index (χ1v) is 7.47. The van der Waals surface area contributed by atoms with Crippen LogP contribution in [0.2, 0.25) is 0 Å². The van der Waals surface area contributed by atoms with Gasteiger partial charge in [-0.1, -0.05) is 12.8 Å². The molecule has 3 unspecified atom stereocenters. The Balaban J connectivity index is 2.15. The molecule has 3 N–H and O–H groups in total. The molecule has 5 heteroatoms. The number of nitrogens with one attached hydrogen (secondary N) is 2. The Labute approximate surface area is 119 Å². The van der Waals surface area contributed by atoms with Gasteiger partial charge in [0.1, 0.15) is 5.82 Å². The Morgan fingerprint density at radius 1 is 1.40 bits per heavy atom. The maximum atomic E-state index is 12.1. The van der Waals surface area contributed by atoms with Crippen molar-refractivity contribution < 1.29 is 5.11 Å². The molecule has 0 aliphatic heterocycles. The molecule has 1 heterocycles. The monoisotopic (exact) mass is 279 g/mol. The standard InChI is InChI=1S/C15H25N3O2/c1-9-14(15(20)18-11(3)16-9)10(2)17-13-7-5-4-6-12(13)8-19/h10,12-13,17,19H,4-8H2,1-3H3,(H,16,18,20). The summed E-state index contributed by atoms with van der Waals surface area (Å²) in [5.74, 6) is 0.943. The molecule has 2 rings (SSSR count). The third-order valence-electron chi connectivity index (χ3n) is 4.30. The lowest BCUT2D eigenvalue weighted by Gasteiger charge is -2.33. The van der Waals surface area contributed by atoms with Crippen LogP contribution in [0.4, 0.5) is 0 Å². The first kappa shape index (κ1) is 15.2. The van der Waals surface area contributed by atoms with Crippen LogP contribution in [-0.4, -0.2) is 27.7 Å². The summed E-state index contributed by atoms with van der Waals surface area (Å²) in [6.07, 6.45) is 4.49. The van der Waals surface area contributed by atoms with Crippen molar-refractivity contribution in [1.29, 1.82) is 0 Å². The van der Waals surface area contributed by atoms with Gasteiger partial charge in [0.25, 0.3) is 5.56 Å². The number of nitrogens with zero attached hydrogens (tertiary/aromatic N) is 1. The Kier molecular flexibility index (Phi) is 4.94. The number of aromatic amines is 1. The molecular formula is C15H25N3O2. The molecule has 1 aromatic rings. The summed E-state index contributed by atoms with van der Waals surface area (Å²) >= 11 is 0. The van der Waals surface area contributed by atoms with Crippen molar-refractivity contribution in [2.24, 2.45) is 5.92 Å². The fourth-order valence-electron chi connectivity index (χ4n) is 3.30.